The SMILES string of the molecule is C=CCOc1ccc(OC)cc1.C=CCc1cc(OC)ccc1O.CCOC(=O)COc1ccc2oc(C)cc2c1.COc1ccc(O)cc1.COc1ccc2oc(C)cc2c1.Cc1cc2c(ccc3occ(C4CCC(=O)NC4=O)c32)o1.Cc1cc2cc(O)ccc2o1.Cc1cc2cc(OCC(=O)O)ccc2o1. The van der Waals surface area contributed by atoms with Crippen LogP contribution in [0.3, 0.4) is 0 Å². The van der Waals surface area contributed by atoms with Crippen molar-refractivity contribution in [2.45, 2.75) is 66.7 Å². The number of benzene rings is 8. The Balaban J connectivity index is 0.000000159. The average Bonchev–Trinajstić information content (AvgIpc) is 1.61. The van der Waals surface area contributed by atoms with E-state index in [2.05, 4.69) is 18.5 Å². The van der Waals surface area contributed by atoms with Crippen LogP contribution in [-0.4, -0.2) is 99.0 Å². The van der Waals surface area contributed by atoms with E-state index in [1.165, 1.54) is 0 Å². The van der Waals surface area contributed by atoms with Crippen LogP contribution in [-0.2, 0) is 30.3 Å². The van der Waals surface area contributed by atoms with Crippen molar-refractivity contribution in [1.82, 2.24) is 5.32 Å². The fraction of sp³-hybridized carbons (Fsp3) is 0.209. The third-order valence-corrected chi connectivity index (χ3v) is 15.9. The average molecular weight is 1490 g/mol. The molecule has 6 aromatic heterocycles. The van der Waals surface area contributed by atoms with E-state index in [1.54, 1.807) is 139 Å². The number of rotatable bonds is 17. The molecule has 8 aromatic carbocycles. The molecular formula is C86H87NO22. The number of imide groups is 1. The Bertz CT molecular complexity index is 5320. The molecule has 1 saturated heterocycles. The Morgan fingerprint density at radius 3 is 1.43 bits per heavy atom. The lowest BCUT2D eigenvalue weighted by atomic mass is 9.89. The van der Waals surface area contributed by atoms with Gasteiger partial charge in [-0.3, -0.25) is 14.9 Å². The summed E-state index contributed by atoms with van der Waals surface area (Å²) in [6.07, 6.45) is 6.59. The number of hydrogen-bond acceptors (Lipinski definition) is 21. The molecule has 1 atom stereocenters. The van der Waals surface area contributed by atoms with E-state index in [1.807, 2.05) is 132 Å². The van der Waals surface area contributed by atoms with Crippen LogP contribution in [0.4, 0.5) is 0 Å². The lowest BCUT2D eigenvalue weighted by Crippen LogP contribution is -2.39. The number of methoxy groups -OCH3 is 4. The molecule has 5 N–H and O–H groups in total. The van der Waals surface area contributed by atoms with E-state index in [0.29, 0.717) is 44.0 Å². The molecule has 0 spiro atoms. The predicted molar refractivity (Wildman–Crippen MR) is 415 cm³/mol. The third kappa shape index (κ3) is 24.3. The molecule has 568 valence electrons. The van der Waals surface area contributed by atoms with Gasteiger partial charge in [0.2, 0.25) is 11.8 Å². The van der Waals surface area contributed by atoms with Gasteiger partial charge in [-0.05, 0) is 236 Å². The number of aromatic hydroxyl groups is 3. The summed E-state index contributed by atoms with van der Waals surface area (Å²) >= 11 is 0. The normalized spacial score (nSPS) is 11.8. The second-order valence-corrected chi connectivity index (χ2v) is 24.1. The van der Waals surface area contributed by atoms with Gasteiger partial charge in [0.1, 0.15) is 126 Å². The quantitative estimate of drug-likeness (QED) is 0.0321. The van der Waals surface area contributed by atoms with Crippen molar-refractivity contribution < 1.29 is 104 Å². The standard InChI is InChI=1S/C16H13NO4.C13H14O4.C11H10O4.C10H10O2.2C10H12O2.C9H8O2.C7H8O2/c1-8-6-10-12(21-8)3-4-13-15(10)11(7-20-13)9-2-5-14(18)17-16(9)19;1-3-15-13(14)8-16-11-4-5-12-10(7-11)6-9(2)17-12;1-7-4-8-5-9(14-6-11(12)13)2-3-10(8)15-7;1-7-5-8-6-9(11-2)3-4-10(8)12-7;1-3-8-12-10-6-4-9(11-2)5-7-10;1-3-4-8-7-9(12-2)5-6-10(8)11;1-6-4-7-5-8(10)2-3-9(7)11-6;1-9-7-4-2-6(8)3-5-7/h3-4,6-7,9H,2,5H2,1H3,(H,17,18,19);4-7H,3,8H2,1-2H3;2-5H,6H2,1H3,(H,12,13);3-6H,1-2H3;3-7H,1,8H2,2H3;3,5-7,11H,1,4H2,2H3;2-5,10H,1H3;2-5,8H,1H3. The van der Waals surface area contributed by atoms with Crippen LogP contribution in [0.5, 0.6) is 57.5 Å². The van der Waals surface area contributed by atoms with E-state index in [0.717, 1.165) is 134 Å². The highest BCUT2D eigenvalue weighted by Gasteiger charge is 2.31. The number of esters is 1. The lowest BCUT2D eigenvalue weighted by molar-refractivity contribution is -0.145. The van der Waals surface area contributed by atoms with Crippen molar-refractivity contribution in [3.05, 3.63) is 253 Å². The highest BCUT2D eigenvalue weighted by molar-refractivity contribution is 6.09. The number of phenolic OH excluding ortho intramolecular Hbond substituents is 3. The third-order valence-electron chi connectivity index (χ3n) is 15.9. The lowest BCUT2D eigenvalue weighted by Gasteiger charge is -2.19. The Hall–Kier alpha value is -13.4. The number of furan rings is 6. The maximum absolute atomic E-state index is 12.1. The number of carbonyl (C=O) groups is 4. The molecule has 0 saturated carbocycles. The van der Waals surface area contributed by atoms with Crippen molar-refractivity contribution >= 4 is 89.6 Å². The van der Waals surface area contributed by atoms with E-state index in [-0.39, 0.29) is 54.2 Å². The number of carboxylic acids is 1. The van der Waals surface area contributed by atoms with E-state index in [4.69, 9.17) is 79.7 Å². The number of piperidine rings is 1. The number of ether oxygens (including phenoxy) is 8. The van der Waals surface area contributed by atoms with Gasteiger partial charge in [0, 0.05) is 49.9 Å². The summed E-state index contributed by atoms with van der Waals surface area (Å²) in [5.41, 5.74) is 6.47. The number of hydrogen-bond donors (Lipinski definition) is 5. The zero-order chi connectivity index (χ0) is 78.5. The number of phenols is 3. The molecule has 7 heterocycles. The molecule has 23 nitrogen and oxygen atoms in total. The Kier molecular flexibility index (Phi) is 29.9. The van der Waals surface area contributed by atoms with Gasteiger partial charge in [0.25, 0.3) is 0 Å². The maximum atomic E-state index is 12.1. The first-order chi connectivity index (χ1) is 52.5. The molecule has 14 aromatic rings. The number of carbonyl (C=O) groups excluding carboxylic acids is 3. The fourth-order valence-corrected chi connectivity index (χ4v) is 10.9. The summed E-state index contributed by atoms with van der Waals surface area (Å²) in [6.45, 7) is 18.9. The first-order valence-corrected chi connectivity index (χ1v) is 34.3. The number of allylic oxidation sites excluding steroid dienone is 1. The number of carboxylic acid groups (broad SMARTS) is 1. The zero-order valence-electron chi connectivity index (χ0n) is 62.1. The first-order valence-electron chi connectivity index (χ1n) is 34.3. The van der Waals surface area contributed by atoms with E-state index in [9.17, 15) is 24.3 Å². The summed E-state index contributed by atoms with van der Waals surface area (Å²) in [4.78, 5) is 44.8. The zero-order valence-corrected chi connectivity index (χ0v) is 62.1. The van der Waals surface area contributed by atoms with Crippen LogP contribution in [0.1, 0.15) is 65.6 Å². The fourth-order valence-electron chi connectivity index (χ4n) is 10.9. The number of amides is 2. The predicted octanol–water partition coefficient (Wildman–Crippen LogP) is 18.9. The monoisotopic (exact) mass is 1490 g/mol. The van der Waals surface area contributed by atoms with Gasteiger partial charge in [-0.2, -0.15) is 0 Å². The van der Waals surface area contributed by atoms with Gasteiger partial charge in [-0.1, -0.05) is 18.7 Å². The highest BCUT2D eigenvalue weighted by Crippen LogP contribution is 2.38. The minimum absolute atomic E-state index is 0.0732. The topological polar surface area (TPSA) is 314 Å². The van der Waals surface area contributed by atoms with E-state index >= 15 is 0 Å². The van der Waals surface area contributed by atoms with Crippen LogP contribution in [0.25, 0.3) is 65.8 Å². The molecular weight excluding hydrogens is 1400 g/mol. The Labute approximate surface area is 628 Å². The maximum Gasteiger partial charge on any atom is 0.344 e. The number of fused-ring (bicyclic) bond motifs is 7. The van der Waals surface area contributed by atoms with Gasteiger partial charge in [0.05, 0.1) is 47.2 Å². The van der Waals surface area contributed by atoms with Gasteiger partial charge in [-0.25, -0.2) is 9.59 Å². The van der Waals surface area contributed by atoms with Crippen LogP contribution in [0.2, 0.25) is 0 Å². The summed E-state index contributed by atoms with van der Waals surface area (Å²) in [6, 6.07) is 54.0. The van der Waals surface area contributed by atoms with Crippen LogP contribution >= 0.6 is 0 Å². The molecule has 0 aliphatic carbocycles. The molecule has 1 fully saturated rings. The summed E-state index contributed by atoms with van der Waals surface area (Å²) in [5.74, 6) is 8.12. The summed E-state index contributed by atoms with van der Waals surface area (Å²) in [5, 5.41) is 43.8. The van der Waals surface area contributed by atoms with Gasteiger partial charge >= 0.3 is 11.9 Å². The van der Waals surface area contributed by atoms with Crippen molar-refractivity contribution in [1.29, 1.82) is 0 Å². The minimum Gasteiger partial charge on any atom is -0.508 e. The van der Waals surface area contributed by atoms with Crippen LogP contribution in [0, 0.1) is 34.6 Å². The molecule has 15 rings (SSSR count). The van der Waals surface area contributed by atoms with Crippen molar-refractivity contribution in [3.8, 4) is 57.5 Å². The second-order valence-electron chi connectivity index (χ2n) is 24.1. The first kappa shape index (κ1) is 81.2. The van der Waals surface area contributed by atoms with Crippen LogP contribution in [0.15, 0.2) is 240 Å². The summed E-state index contributed by atoms with van der Waals surface area (Å²) in [7, 11) is 6.49. The van der Waals surface area contributed by atoms with Crippen LogP contribution < -0.4 is 38.5 Å². The van der Waals surface area contributed by atoms with Crippen molar-refractivity contribution in [2.24, 2.45) is 0 Å². The Morgan fingerprint density at radius 2 is 0.917 bits per heavy atom. The molecule has 0 bridgehead atoms. The highest BCUT2D eigenvalue weighted by atomic mass is 16.6. The molecule has 1 unspecified atom stereocenters. The molecule has 109 heavy (non-hydrogen) atoms. The summed E-state index contributed by atoms with van der Waals surface area (Å²) < 4.78 is 73.1. The van der Waals surface area contributed by atoms with Crippen molar-refractivity contribution in [2.75, 3.05) is 54.9 Å². The number of aliphatic carboxylic acids is 1. The van der Waals surface area contributed by atoms with Gasteiger partial charge in [-0.15, -0.1) is 6.58 Å². The van der Waals surface area contributed by atoms with Crippen molar-refractivity contribution in [3.63, 3.8) is 0 Å². The van der Waals surface area contributed by atoms with Gasteiger partial charge < -0.3 is 84.8 Å². The molecule has 23 heteroatoms. The van der Waals surface area contributed by atoms with Gasteiger partial charge in [0.15, 0.2) is 13.2 Å². The number of aryl methyl sites for hydroxylation is 5. The molecule has 1 aliphatic heterocycles. The Morgan fingerprint density at radius 1 is 0.486 bits per heavy atom. The minimum atomic E-state index is -0.988. The number of nitrogens with one attached hydrogen (secondary N) is 1. The second kappa shape index (κ2) is 40.2. The smallest absolute Gasteiger partial charge is 0.344 e. The van der Waals surface area contributed by atoms with E-state index < -0.39 is 5.97 Å². The molecule has 2 amide bonds. The molecule has 1 aliphatic rings. The largest absolute Gasteiger partial charge is 0.508 e. The molecule has 0 radical (unpaired) electrons.